The number of amidine groups is 2. The first-order chi connectivity index (χ1) is 23.4. The van der Waals surface area contributed by atoms with Gasteiger partial charge in [0.2, 0.25) is 0 Å². The molecule has 0 aromatic heterocycles. The number of non-ortho nitro benzene ring substituents is 1. The third-order valence-corrected chi connectivity index (χ3v) is 12.1. The quantitative estimate of drug-likeness (QED) is 0.0362. The van der Waals surface area contributed by atoms with E-state index in [1.165, 1.54) is 28.0 Å². The van der Waals surface area contributed by atoms with Gasteiger partial charge in [-0.25, -0.2) is 0 Å². The van der Waals surface area contributed by atoms with Crippen LogP contribution in [0.4, 0.5) is 5.69 Å². The number of rotatable bonds is 11. The molecule has 0 fully saturated rings. The SMILES string of the molecule is CN/C([S-])=N/N=C(/C(=N/N=C(\[S-])NC[P+](c1ccccc1)(c1ccccc1)c1ccccc1)c1ccccc1)c1ccc([N+](=O)[O-])cc1.[Cu+2]. The van der Waals surface area contributed by atoms with Crippen molar-refractivity contribution in [3.63, 3.8) is 0 Å². The standard InChI is InChI=1S/C36H32N7O2PS2.Cu/c1-37-35(47)41-39-34(28-22-24-29(25-23-28)43(44)45)33(27-14-6-2-7-15-27)40-42-36(48)38-26-46(30-16-8-3-9-17-30,31-18-10-4-11-19-31)32-20-12-5-13-21-32;/h2-25H,26H2,1H3,(H3-,37,38,39,40,41,42,47,48);/q;+2/p-1. The van der Waals surface area contributed by atoms with E-state index in [2.05, 4.69) is 104 Å². The summed E-state index contributed by atoms with van der Waals surface area (Å²) >= 11 is 11.0. The van der Waals surface area contributed by atoms with Crippen LogP contribution in [0.5, 0.6) is 0 Å². The van der Waals surface area contributed by atoms with Crippen molar-refractivity contribution in [2.45, 2.75) is 0 Å². The largest absolute Gasteiger partial charge is 2.00 e. The molecule has 0 spiro atoms. The summed E-state index contributed by atoms with van der Waals surface area (Å²) < 4.78 is 0. The Labute approximate surface area is 307 Å². The number of nitrogens with one attached hydrogen (secondary N) is 2. The van der Waals surface area contributed by atoms with Crippen molar-refractivity contribution in [3.8, 4) is 0 Å². The Balaban J connectivity index is 0.00000541. The Morgan fingerprint density at radius 2 is 1.00 bits per heavy atom. The van der Waals surface area contributed by atoms with Gasteiger partial charge in [-0.3, -0.25) is 10.1 Å². The third-order valence-electron chi connectivity index (χ3n) is 7.38. The fraction of sp³-hybridized carbons (Fsp3) is 0.0556. The summed E-state index contributed by atoms with van der Waals surface area (Å²) in [6, 6.07) is 46.6. The topological polar surface area (TPSA) is 117 Å². The van der Waals surface area contributed by atoms with E-state index in [4.69, 9.17) is 25.3 Å². The zero-order valence-corrected chi connectivity index (χ0v) is 29.7. The summed E-state index contributed by atoms with van der Waals surface area (Å²) in [5.41, 5.74) is 1.82. The van der Waals surface area contributed by atoms with Gasteiger partial charge in [0.1, 0.15) is 40.9 Å². The van der Waals surface area contributed by atoms with Crippen LogP contribution in [-0.2, 0) is 42.3 Å². The minimum Gasteiger partial charge on any atom is -0.741 e. The van der Waals surface area contributed by atoms with Crippen LogP contribution in [0.2, 0.25) is 0 Å². The molecular formula is C36H31CuN7O2PS2+. The first-order valence-electron chi connectivity index (χ1n) is 14.8. The van der Waals surface area contributed by atoms with Crippen molar-refractivity contribution in [3.05, 3.63) is 167 Å². The van der Waals surface area contributed by atoms with E-state index >= 15 is 0 Å². The number of nitro benzene ring substituents is 1. The summed E-state index contributed by atoms with van der Waals surface area (Å²) in [6.45, 7) is 0. The van der Waals surface area contributed by atoms with Crippen LogP contribution in [0.25, 0.3) is 0 Å². The summed E-state index contributed by atoms with van der Waals surface area (Å²) in [4.78, 5) is 10.9. The van der Waals surface area contributed by atoms with Gasteiger partial charge in [-0.15, -0.1) is 10.2 Å². The Hall–Kier alpha value is -4.83. The average Bonchev–Trinajstić information content (AvgIpc) is 3.14. The Morgan fingerprint density at radius 3 is 1.41 bits per heavy atom. The second kappa shape index (κ2) is 18.1. The predicted molar refractivity (Wildman–Crippen MR) is 204 cm³/mol. The molecule has 13 heteroatoms. The monoisotopic (exact) mass is 751 g/mol. The number of nitrogens with zero attached hydrogens (tertiary/aromatic N) is 5. The summed E-state index contributed by atoms with van der Waals surface area (Å²) in [5, 5.41) is 39.1. The van der Waals surface area contributed by atoms with Gasteiger partial charge < -0.3 is 35.9 Å². The maximum absolute atomic E-state index is 11.3. The van der Waals surface area contributed by atoms with Gasteiger partial charge in [0.25, 0.3) is 5.69 Å². The molecule has 5 aromatic rings. The number of hydrogen-bond acceptors (Lipinski definition) is 8. The molecule has 0 unspecified atom stereocenters. The molecule has 0 aliphatic heterocycles. The minimum absolute atomic E-state index is 0. The fourth-order valence-corrected chi connectivity index (χ4v) is 9.18. The van der Waals surface area contributed by atoms with Gasteiger partial charge in [-0.05, 0) is 53.7 Å². The van der Waals surface area contributed by atoms with Gasteiger partial charge in [0, 0.05) is 35.5 Å². The second-order valence-electron chi connectivity index (χ2n) is 10.3. The molecule has 0 aliphatic rings. The van der Waals surface area contributed by atoms with Crippen LogP contribution in [0.1, 0.15) is 11.1 Å². The molecule has 0 bridgehead atoms. The van der Waals surface area contributed by atoms with Crippen LogP contribution in [-0.4, -0.2) is 40.0 Å². The molecule has 9 nitrogen and oxygen atoms in total. The average molecular weight is 752 g/mol. The Morgan fingerprint density at radius 1 is 0.612 bits per heavy atom. The molecule has 1 radical (unpaired) electrons. The molecule has 0 aliphatic carbocycles. The second-order valence-corrected chi connectivity index (χ2v) is 14.5. The van der Waals surface area contributed by atoms with Crippen LogP contribution in [0.15, 0.2) is 166 Å². The van der Waals surface area contributed by atoms with Gasteiger partial charge >= 0.3 is 17.1 Å². The summed E-state index contributed by atoms with van der Waals surface area (Å²) in [6.07, 6.45) is 0.499. The number of hydrogen-bond donors (Lipinski definition) is 2. The van der Waals surface area contributed by atoms with Crippen molar-refractivity contribution < 1.29 is 22.0 Å². The van der Waals surface area contributed by atoms with Crippen LogP contribution < -0.4 is 26.5 Å². The van der Waals surface area contributed by atoms with Crippen molar-refractivity contribution in [1.82, 2.24) is 10.6 Å². The van der Waals surface area contributed by atoms with E-state index < -0.39 is 12.2 Å². The molecule has 0 saturated heterocycles. The van der Waals surface area contributed by atoms with Gasteiger partial charge in [-0.1, -0.05) is 84.9 Å². The van der Waals surface area contributed by atoms with E-state index in [-0.39, 0.29) is 33.1 Å². The van der Waals surface area contributed by atoms with Crippen LogP contribution in [0, 0.1) is 10.1 Å². The fourth-order valence-electron chi connectivity index (χ4n) is 5.05. The summed E-state index contributed by atoms with van der Waals surface area (Å²) in [7, 11) is -0.599. The first kappa shape index (κ1) is 37.0. The summed E-state index contributed by atoms with van der Waals surface area (Å²) in [5.74, 6) is 0. The van der Waals surface area contributed by atoms with Crippen molar-refractivity contribution in [2.24, 2.45) is 20.4 Å². The molecule has 249 valence electrons. The van der Waals surface area contributed by atoms with E-state index in [9.17, 15) is 10.1 Å². The maximum Gasteiger partial charge on any atom is 2.00 e. The number of benzene rings is 5. The smallest absolute Gasteiger partial charge is 0.741 e. The van der Waals surface area contributed by atoms with E-state index in [0.717, 1.165) is 0 Å². The number of nitro groups is 1. The van der Waals surface area contributed by atoms with Gasteiger partial charge in [0.15, 0.2) is 0 Å². The maximum atomic E-state index is 11.3. The molecule has 49 heavy (non-hydrogen) atoms. The van der Waals surface area contributed by atoms with E-state index in [1.54, 1.807) is 19.2 Å². The third kappa shape index (κ3) is 9.20. The molecule has 0 heterocycles. The predicted octanol–water partition coefficient (Wildman–Crippen LogP) is 5.27. The van der Waals surface area contributed by atoms with Crippen LogP contribution in [0.3, 0.4) is 0 Å². The van der Waals surface area contributed by atoms with E-state index in [0.29, 0.717) is 28.8 Å². The minimum atomic E-state index is -2.24. The molecule has 5 rings (SSSR count). The molecule has 5 aromatic carbocycles. The molecular weight excluding hydrogens is 721 g/mol. The van der Waals surface area contributed by atoms with Crippen molar-refractivity contribution in [1.29, 1.82) is 0 Å². The zero-order chi connectivity index (χ0) is 33.8. The molecule has 0 saturated carbocycles. The normalized spacial score (nSPS) is 12.5. The van der Waals surface area contributed by atoms with E-state index in [1.807, 2.05) is 48.5 Å². The van der Waals surface area contributed by atoms with Gasteiger partial charge in [-0.2, -0.15) is 10.2 Å². The Bertz CT molecular complexity index is 1850. The molecule has 0 amide bonds. The van der Waals surface area contributed by atoms with Crippen LogP contribution >= 0.6 is 7.26 Å². The van der Waals surface area contributed by atoms with Gasteiger partial charge in [0.05, 0.1) is 4.92 Å². The zero-order valence-electron chi connectivity index (χ0n) is 26.2. The molecule has 0 atom stereocenters. The first-order valence-corrected chi connectivity index (χ1v) is 17.6. The van der Waals surface area contributed by atoms with Crippen molar-refractivity contribution in [2.75, 3.05) is 13.3 Å². The molecule has 2 N–H and O–H groups in total. The van der Waals surface area contributed by atoms with Crippen molar-refractivity contribution >= 4 is 75.9 Å². The Kier molecular flexibility index (Phi) is 13.6.